The Morgan fingerprint density at radius 2 is 1.71 bits per heavy atom. The molecule has 0 spiro atoms. The van der Waals surface area contributed by atoms with Gasteiger partial charge in [-0.3, -0.25) is 4.79 Å². The summed E-state index contributed by atoms with van der Waals surface area (Å²) in [5.74, 6) is -3.11. The van der Waals surface area contributed by atoms with Crippen molar-refractivity contribution in [1.29, 1.82) is 0 Å². The molecular formula is C18H13F3N2O3S2. The molecule has 146 valence electrons. The van der Waals surface area contributed by atoms with Crippen molar-refractivity contribution in [3.8, 4) is 11.3 Å². The van der Waals surface area contributed by atoms with Crippen LogP contribution < -0.4 is 5.32 Å². The van der Waals surface area contributed by atoms with E-state index < -0.39 is 38.9 Å². The van der Waals surface area contributed by atoms with Crippen molar-refractivity contribution in [1.82, 2.24) is 4.98 Å². The molecule has 0 radical (unpaired) electrons. The number of carbonyl (C=O) groups excluding carboxylic acids is 1. The standard InChI is InChI=1S/C18H13F3N2O3S2/c19-11-1-4-13(5-2-11)28(25,26)8-7-17(24)23-18-22-16(10-27-18)14-6-3-12(20)9-15(14)21/h1-6,9-10H,7-8H2,(H,22,23,24). The third-order valence-electron chi connectivity index (χ3n) is 3.73. The predicted octanol–water partition coefficient (Wildman–Crippen LogP) is 4.03. The van der Waals surface area contributed by atoms with Crippen molar-refractivity contribution in [2.45, 2.75) is 11.3 Å². The van der Waals surface area contributed by atoms with E-state index in [0.717, 1.165) is 47.7 Å². The Morgan fingerprint density at radius 1 is 1.04 bits per heavy atom. The van der Waals surface area contributed by atoms with Crippen molar-refractivity contribution in [2.24, 2.45) is 0 Å². The molecule has 0 aliphatic carbocycles. The number of sulfone groups is 1. The average Bonchev–Trinajstić information content (AvgIpc) is 3.08. The molecule has 0 bridgehead atoms. The van der Waals surface area contributed by atoms with Crippen LogP contribution in [0, 0.1) is 17.5 Å². The van der Waals surface area contributed by atoms with Crippen molar-refractivity contribution in [2.75, 3.05) is 11.1 Å². The highest BCUT2D eigenvalue weighted by Gasteiger charge is 2.18. The lowest BCUT2D eigenvalue weighted by atomic mass is 10.1. The van der Waals surface area contributed by atoms with Gasteiger partial charge in [-0.05, 0) is 36.4 Å². The number of benzene rings is 2. The summed E-state index contributed by atoms with van der Waals surface area (Å²) in [7, 11) is -3.74. The van der Waals surface area contributed by atoms with Gasteiger partial charge in [-0.25, -0.2) is 26.6 Å². The van der Waals surface area contributed by atoms with E-state index in [-0.39, 0.29) is 27.7 Å². The van der Waals surface area contributed by atoms with E-state index in [9.17, 15) is 26.4 Å². The van der Waals surface area contributed by atoms with E-state index in [1.165, 1.54) is 11.4 Å². The van der Waals surface area contributed by atoms with Crippen molar-refractivity contribution >= 4 is 32.2 Å². The normalized spacial score (nSPS) is 11.4. The molecule has 3 rings (SSSR count). The Kier molecular flexibility index (Phi) is 5.80. The fraction of sp³-hybridized carbons (Fsp3) is 0.111. The van der Waals surface area contributed by atoms with E-state index in [1.54, 1.807) is 0 Å². The molecule has 0 saturated heterocycles. The number of aromatic nitrogens is 1. The number of anilines is 1. The largest absolute Gasteiger partial charge is 0.302 e. The minimum atomic E-state index is -3.74. The molecule has 10 heteroatoms. The number of nitrogens with zero attached hydrogens (tertiary/aromatic N) is 1. The maximum absolute atomic E-state index is 13.8. The summed E-state index contributed by atoms with van der Waals surface area (Å²) >= 11 is 1.02. The summed E-state index contributed by atoms with van der Waals surface area (Å²) in [5, 5.41) is 4.09. The van der Waals surface area contributed by atoms with Gasteiger partial charge in [-0.2, -0.15) is 0 Å². The van der Waals surface area contributed by atoms with Crippen LogP contribution in [0.1, 0.15) is 6.42 Å². The van der Waals surface area contributed by atoms with E-state index in [4.69, 9.17) is 0 Å². The summed E-state index contributed by atoms with van der Waals surface area (Å²) < 4.78 is 64.0. The summed E-state index contributed by atoms with van der Waals surface area (Å²) in [6, 6.07) is 7.38. The van der Waals surface area contributed by atoms with Gasteiger partial charge in [-0.1, -0.05) is 0 Å². The molecule has 0 fully saturated rings. The molecule has 3 aromatic rings. The van der Waals surface area contributed by atoms with Crippen LogP contribution in [0.2, 0.25) is 0 Å². The third-order valence-corrected chi connectivity index (χ3v) is 6.22. The van der Waals surface area contributed by atoms with Crippen LogP contribution in [0.5, 0.6) is 0 Å². The monoisotopic (exact) mass is 426 g/mol. The zero-order valence-electron chi connectivity index (χ0n) is 14.2. The van der Waals surface area contributed by atoms with Gasteiger partial charge in [-0.15, -0.1) is 11.3 Å². The lowest BCUT2D eigenvalue weighted by Crippen LogP contribution is -2.17. The lowest BCUT2D eigenvalue weighted by Gasteiger charge is -2.05. The van der Waals surface area contributed by atoms with Crippen LogP contribution in [0.4, 0.5) is 18.3 Å². The fourth-order valence-corrected chi connectivity index (χ4v) is 4.29. The molecule has 1 N–H and O–H groups in total. The van der Waals surface area contributed by atoms with Crippen LogP contribution in [0.25, 0.3) is 11.3 Å². The van der Waals surface area contributed by atoms with Crippen molar-refractivity contribution in [3.05, 3.63) is 65.3 Å². The maximum Gasteiger partial charge on any atom is 0.227 e. The molecule has 0 atom stereocenters. The number of rotatable bonds is 6. The topological polar surface area (TPSA) is 76.1 Å². The van der Waals surface area contributed by atoms with Crippen LogP contribution in [-0.2, 0) is 14.6 Å². The van der Waals surface area contributed by atoms with Gasteiger partial charge in [0.05, 0.1) is 16.3 Å². The number of amides is 1. The molecule has 5 nitrogen and oxygen atoms in total. The Balaban J connectivity index is 1.62. The van der Waals surface area contributed by atoms with E-state index in [0.29, 0.717) is 0 Å². The van der Waals surface area contributed by atoms with Gasteiger partial charge in [0, 0.05) is 23.4 Å². The first-order chi connectivity index (χ1) is 13.2. The first-order valence-electron chi connectivity index (χ1n) is 7.94. The highest BCUT2D eigenvalue weighted by molar-refractivity contribution is 7.91. The minimum Gasteiger partial charge on any atom is -0.302 e. The SMILES string of the molecule is O=C(CCS(=O)(=O)c1ccc(F)cc1)Nc1nc(-c2ccc(F)cc2F)cs1. The van der Waals surface area contributed by atoms with E-state index in [2.05, 4.69) is 10.3 Å². The van der Waals surface area contributed by atoms with Crippen molar-refractivity contribution < 1.29 is 26.4 Å². The first-order valence-corrected chi connectivity index (χ1v) is 10.5. The summed E-state index contributed by atoms with van der Waals surface area (Å²) in [6.07, 6.45) is -0.334. The van der Waals surface area contributed by atoms with Gasteiger partial charge >= 0.3 is 0 Å². The number of hydrogen-bond acceptors (Lipinski definition) is 5. The molecule has 0 saturated carbocycles. The Labute approximate surface area is 162 Å². The van der Waals surface area contributed by atoms with Gasteiger partial charge in [0.2, 0.25) is 5.91 Å². The molecule has 28 heavy (non-hydrogen) atoms. The van der Waals surface area contributed by atoms with Gasteiger partial charge < -0.3 is 5.32 Å². The quantitative estimate of drug-likeness (QED) is 0.604. The number of halogens is 3. The Hall–Kier alpha value is -2.72. The number of nitrogens with one attached hydrogen (secondary N) is 1. The highest BCUT2D eigenvalue weighted by atomic mass is 32.2. The third kappa shape index (κ3) is 4.76. The summed E-state index contributed by atoms with van der Waals surface area (Å²) in [5.41, 5.74) is 0.300. The Morgan fingerprint density at radius 3 is 2.39 bits per heavy atom. The second-order valence-corrected chi connectivity index (χ2v) is 8.70. The lowest BCUT2D eigenvalue weighted by molar-refractivity contribution is -0.115. The smallest absolute Gasteiger partial charge is 0.227 e. The molecule has 1 aromatic heterocycles. The van der Waals surface area contributed by atoms with E-state index >= 15 is 0 Å². The van der Waals surface area contributed by atoms with Gasteiger partial charge in [0.1, 0.15) is 17.5 Å². The molecule has 0 unspecified atom stereocenters. The second kappa shape index (κ2) is 8.11. The molecule has 0 aliphatic rings. The average molecular weight is 426 g/mol. The molecule has 1 heterocycles. The van der Waals surface area contributed by atoms with E-state index in [1.807, 2.05) is 0 Å². The van der Waals surface area contributed by atoms with Gasteiger partial charge in [0.25, 0.3) is 0 Å². The molecule has 1 amide bonds. The highest BCUT2D eigenvalue weighted by Crippen LogP contribution is 2.27. The maximum atomic E-state index is 13.8. The van der Waals surface area contributed by atoms with Crippen LogP contribution in [0.3, 0.4) is 0 Å². The zero-order valence-corrected chi connectivity index (χ0v) is 15.8. The second-order valence-electron chi connectivity index (χ2n) is 5.73. The summed E-state index contributed by atoms with van der Waals surface area (Å²) in [4.78, 5) is 16.0. The number of carbonyl (C=O) groups is 1. The molecule has 2 aromatic carbocycles. The number of hydrogen-bond donors (Lipinski definition) is 1. The van der Waals surface area contributed by atoms with Crippen LogP contribution >= 0.6 is 11.3 Å². The van der Waals surface area contributed by atoms with Crippen LogP contribution in [0.15, 0.2) is 52.7 Å². The zero-order chi connectivity index (χ0) is 20.3. The minimum absolute atomic E-state index is 0.0787. The number of thiazole rings is 1. The predicted molar refractivity (Wildman–Crippen MR) is 99.2 cm³/mol. The fourth-order valence-electron chi connectivity index (χ4n) is 2.32. The molecular weight excluding hydrogens is 413 g/mol. The van der Waals surface area contributed by atoms with Gasteiger partial charge in [0.15, 0.2) is 15.0 Å². The first kappa shape index (κ1) is 20.0. The van der Waals surface area contributed by atoms with Crippen LogP contribution in [-0.4, -0.2) is 25.1 Å². The summed E-state index contributed by atoms with van der Waals surface area (Å²) in [6.45, 7) is 0. The molecule has 0 aliphatic heterocycles. The van der Waals surface area contributed by atoms with Crippen molar-refractivity contribution in [3.63, 3.8) is 0 Å². The Bertz CT molecular complexity index is 1110.